The van der Waals surface area contributed by atoms with Gasteiger partial charge in [0.15, 0.2) is 0 Å². The highest BCUT2D eigenvalue weighted by atomic mass is 32.1. The summed E-state index contributed by atoms with van der Waals surface area (Å²) in [6.45, 7) is 6.77. The topological polar surface area (TPSA) is 84.0 Å². The molecule has 7 heteroatoms. The van der Waals surface area contributed by atoms with E-state index in [-0.39, 0.29) is 29.2 Å². The third kappa shape index (κ3) is 4.51. The quantitative estimate of drug-likeness (QED) is 0.613. The summed E-state index contributed by atoms with van der Waals surface area (Å²) in [4.78, 5) is 34.7. The zero-order chi connectivity index (χ0) is 22.0. The van der Waals surface area contributed by atoms with Gasteiger partial charge in [0.05, 0.1) is 6.04 Å². The van der Waals surface area contributed by atoms with E-state index in [1.165, 1.54) is 39.5 Å². The number of carbonyl (C=O) groups is 2. The Kier molecular flexibility index (Phi) is 6.13. The molecule has 1 aliphatic carbocycles. The molecule has 1 aliphatic rings. The summed E-state index contributed by atoms with van der Waals surface area (Å²) in [5.74, 6) is -0.615. The van der Waals surface area contributed by atoms with Crippen molar-refractivity contribution in [1.29, 1.82) is 0 Å². The highest BCUT2D eigenvalue weighted by molar-refractivity contribution is 7.10. The number of hydrogen-bond acceptors (Lipinski definition) is 5. The molecule has 0 aliphatic heterocycles. The first kappa shape index (κ1) is 21.2. The van der Waals surface area contributed by atoms with Gasteiger partial charge in [-0.1, -0.05) is 19.1 Å². The Labute approximate surface area is 186 Å². The van der Waals surface area contributed by atoms with Crippen LogP contribution in [0.2, 0.25) is 0 Å². The maximum absolute atomic E-state index is 12.8. The number of nitrogens with one attached hydrogen (secondary N) is 2. The number of hydrogen-bond donors (Lipinski definition) is 2. The van der Waals surface area contributed by atoms with Gasteiger partial charge in [0.25, 0.3) is 11.8 Å². The Morgan fingerprint density at radius 1 is 1.13 bits per heavy atom. The van der Waals surface area contributed by atoms with Crippen molar-refractivity contribution in [3.8, 4) is 0 Å². The van der Waals surface area contributed by atoms with E-state index < -0.39 is 0 Å². The third-order valence-corrected chi connectivity index (χ3v) is 7.04. The van der Waals surface area contributed by atoms with E-state index in [0.717, 1.165) is 24.8 Å². The van der Waals surface area contributed by atoms with Crippen molar-refractivity contribution in [2.75, 3.05) is 0 Å². The van der Waals surface area contributed by atoms with Gasteiger partial charge in [0.2, 0.25) is 0 Å². The molecule has 0 unspecified atom stereocenters. The highest BCUT2D eigenvalue weighted by Gasteiger charge is 2.26. The van der Waals surface area contributed by atoms with E-state index in [4.69, 9.17) is 0 Å². The summed E-state index contributed by atoms with van der Waals surface area (Å²) in [7, 11) is 0. The number of benzene rings is 1. The summed E-state index contributed by atoms with van der Waals surface area (Å²) in [6, 6.07) is 7.70. The lowest BCUT2D eigenvalue weighted by Gasteiger charge is -2.15. The van der Waals surface area contributed by atoms with Crippen molar-refractivity contribution < 1.29 is 9.59 Å². The van der Waals surface area contributed by atoms with Crippen LogP contribution in [-0.2, 0) is 19.4 Å². The van der Waals surface area contributed by atoms with Crippen LogP contribution in [0.1, 0.15) is 73.1 Å². The lowest BCUT2D eigenvalue weighted by Crippen LogP contribution is -2.29. The van der Waals surface area contributed by atoms with Gasteiger partial charge >= 0.3 is 0 Å². The van der Waals surface area contributed by atoms with Crippen LogP contribution < -0.4 is 10.6 Å². The fourth-order valence-electron chi connectivity index (χ4n) is 3.96. The number of amides is 2. The highest BCUT2D eigenvalue weighted by Crippen LogP contribution is 2.34. The van der Waals surface area contributed by atoms with Crippen LogP contribution in [0, 0.1) is 13.8 Å². The summed E-state index contributed by atoms with van der Waals surface area (Å²) in [6.07, 6.45) is 4.06. The zero-order valence-electron chi connectivity index (χ0n) is 18.0. The molecular weight excluding hydrogens is 408 g/mol. The van der Waals surface area contributed by atoms with Crippen LogP contribution in [0.5, 0.6) is 0 Å². The minimum absolute atomic E-state index is 0.0413. The SMILES string of the molecule is CCc1cc(CNC(=O)c2cc(C(=O)N[C@H]3CCc4c3ccc(C)c4C)ncn2)cs1. The first-order valence-electron chi connectivity index (χ1n) is 10.5. The molecule has 2 aromatic heterocycles. The number of fused-ring (bicyclic) bond motifs is 1. The lowest BCUT2D eigenvalue weighted by atomic mass is 9.99. The van der Waals surface area contributed by atoms with Gasteiger partial charge in [-0.3, -0.25) is 9.59 Å². The van der Waals surface area contributed by atoms with Crippen LogP contribution in [0.4, 0.5) is 0 Å². The summed E-state index contributed by atoms with van der Waals surface area (Å²) in [5.41, 5.74) is 6.51. The molecule has 31 heavy (non-hydrogen) atoms. The first-order chi connectivity index (χ1) is 15.0. The van der Waals surface area contributed by atoms with Gasteiger partial charge in [-0.2, -0.15) is 0 Å². The van der Waals surface area contributed by atoms with Gasteiger partial charge in [-0.15, -0.1) is 11.3 Å². The normalized spacial score (nSPS) is 14.9. The minimum atomic E-state index is -0.321. The summed E-state index contributed by atoms with van der Waals surface area (Å²) < 4.78 is 0. The standard InChI is InChI=1S/C24H26N4O2S/c1-4-17-9-16(12-31-17)11-25-23(29)21-10-22(27-13-26-21)24(30)28-20-8-7-18-15(3)14(2)5-6-19(18)20/h5-6,9-10,12-13,20H,4,7-8,11H2,1-3H3,(H,25,29)(H,28,30)/t20-/m0/s1. The monoisotopic (exact) mass is 434 g/mol. The first-order valence-corrected chi connectivity index (χ1v) is 11.4. The molecule has 0 saturated carbocycles. The molecule has 0 radical (unpaired) electrons. The Morgan fingerprint density at radius 3 is 2.65 bits per heavy atom. The molecule has 1 aromatic carbocycles. The summed E-state index contributed by atoms with van der Waals surface area (Å²) in [5, 5.41) is 7.98. The number of rotatable bonds is 6. The van der Waals surface area contributed by atoms with Crippen LogP contribution in [0.3, 0.4) is 0 Å². The van der Waals surface area contributed by atoms with E-state index in [0.29, 0.717) is 6.54 Å². The van der Waals surface area contributed by atoms with Gasteiger partial charge < -0.3 is 10.6 Å². The third-order valence-electron chi connectivity index (χ3n) is 5.91. The van der Waals surface area contributed by atoms with Crippen LogP contribution in [0.15, 0.2) is 36.0 Å². The van der Waals surface area contributed by atoms with Crippen molar-refractivity contribution in [2.45, 2.75) is 52.6 Å². The smallest absolute Gasteiger partial charge is 0.270 e. The molecule has 3 aromatic rings. The van der Waals surface area contributed by atoms with E-state index in [9.17, 15) is 9.59 Å². The van der Waals surface area contributed by atoms with Crippen molar-refractivity contribution in [2.24, 2.45) is 0 Å². The molecule has 2 heterocycles. The van der Waals surface area contributed by atoms with E-state index >= 15 is 0 Å². The Morgan fingerprint density at radius 2 is 1.90 bits per heavy atom. The Hall–Kier alpha value is -3.06. The largest absolute Gasteiger partial charge is 0.347 e. The molecule has 0 fully saturated rings. The average Bonchev–Trinajstić information content (AvgIpc) is 3.42. The van der Waals surface area contributed by atoms with E-state index in [2.05, 4.69) is 59.6 Å². The number of thiophene rings is 1. The Bertz CT molecular complexity index is 1140. The molecule has 4 rings (SSSR count). The predicted molar refractivity (Wildman–Crippen MR) is 121 cm³/mol. The molecule has 2 amide bonds. The zero-order valence-corrected chi connectivity index (χ0v) is 18.8. The molecule has 0 spiro atoms. The molecular formula is C24H26N4O2S. The van der Waals surface area contributed by atoms with Crippen molar-refractivity contribution >= 4 is 23.2 Å². The maximum atomic E-state index is 12.8. The van der Waals surface area contributed by atoms with Gasteiger partial charge in [0, 0.05) is 17.5 Å². The maximum Gasteiger partial charge on any atom is 0.270 e. The van der Waals surface area contributed by atoms with Gasteiger partial charge in [-0.05, 0) is 72.4 Å². The molecule has 0 bridgehead atoms. The lowest BCUT2D eigenvalue weighted by molar-refractivity contribution is 0.0931. The van der Waals surface area contributed by atoms with Gasteiger partial charge in [0.1, 0.15) is 17.7 Å². The summed E-state index contributed by atoms with van der Waals surface area (Å²) >= 11 is 1.69. The second-order valence-corrected chi connectivity index (χ2v) is 8.88. The van der Waals surface area contributed by atoms with Crippen LogP contribution in [0.25, 0.3) is 0 Å². The molecule has 1 atom stereocenters. The van der Waals surface area contributed by atoms with Crippen LogP contribution >= 0.6 is 11.3 Å². The van der Waals surface area contributed by atoms with Crippen molar-refractivity contribution in [3.63, 3.8) is 0 Å². The molecule has 2 N–H and O–H groups in total. The molecule has 6 nitrogen and oxygen atoms in total. The fraction of sp³-hybridized carbons (Fsp3) is 0.333. The second kappa shape index (κ2) is 8.98. The minimum Gasteiger partial charge on any atom is -0.347 e. The number of aryl methyl sites for hydroxylation is 2. The number of carbonyl (C=O) groups excluding carboxylic acids is 2. The number of aromatic nitrogens is 2. The predicted octanol–water partition coefficient (Wildman–Crippen LogP) is 4.06. The van der Waals surface area contributed by atoms with E-state index in [1.807, 2.05) is 5.38 Å². The van der Waals surface area contributed by atoms with E-state index in [1.54, 1.807) is 11.3 Å². The van der Waals surface area contributed by atoms with Gasteiger partial charge in [-0.25, -0.2) is 9.97 Å². The van der Waals surface area contributed by atoms with Crippen LogP contribution in [-0.4, -0.2) is 21.8 Å². The fourth-order valence-corrected chi connectivity index (χ4v) is 4.80. The second-order valence-electron chi connectivity index (χ2n) is 7.89. The Balaban J connectivity index is 1.42. The van der Waals surface area contributed by atoms with Crippen molar-refractivity contribution in [1.82, 2.24) is 20.6 Å². The average molecular weight is 435 g/mol. The molecule has 0 saturated heterocycles. The molecule has 160 valence electrons. The van der Waals surface area contributed by atoms with Crippen molar-refractivity contribution in [3.05, 3.63) is 80.1 Å². The number of nitrogens with zero attached hydrogens (tertiary/aromatic N) is 2.